The molecule has 1 rings (SSSR count). The highest BCUT2D eigenvalue weighted by Crippen LogP contribution is 2.13. The number of carbonyl (C=O) groups is 2. The highest BCUT2D eigenvalue weighted by Gasteiger charge is 2.30. The lowest BCUT2D eigenvalue weighted by Gasteiger charge is -2.34. The third-order valence-electron chi connectivity index (χ3n) is 2.68. The Hall–Kier alpha value is -1.10. The average molecular weight is 213 g/mol. The van der Waals surface area contributed by atoms with E-state index in [-0.39, 0.29) is 17.9 Å². The molecule has 0 aromatic heterocycles. The minimum Gasteiger partial charge on any atom is -0.355 e. The van der Waals surface area contributed by atoms with Crippen LogP contribution in [0.5, 0.6) is 0 Å². The van der Waals surface area contributed by atoms with Gasteiger partial charge in [0.2, 0.25) is 11.8 Å². The minimum atomic E-state index is -0.413. The first-order valence-corrected chi connectivity index (χ1v) is 5.39. The van der Waals surface area contributed by atoms with Crippen molar-refractivity contribution in [2.75, 3.05) is 13.1 Å². The van der Waals surface area contributed by atoms with E-state index in [4.69, 9.17) is 5.73 Å². The van der Waals surface area contributed by atoms with E-state index >= 15 is 0 Å². The number of hydrogen-bond acceptors (Lipinski definition) is 3. The number of hydrogen-bond donors (Lipinski definition) is 2. The van der Waals surface area contributed by atoms with E-state index in [9.17, 15) is 9.59 Å². The van der Waals surface area contributed by atoms with Crippen molar-refractivity contribution in [1.29, 1.82) is 0 Å². The van der Waals surface area contributed by atoms with Gasteiger partial charge in [0.25, 0.3) is 0 Å². The number of nitrogens with two attached hydrogens (primary N) is 1. The zero-order valence-electron chi connectivity index (χ0n) is 9.32. The quantitative estimate of drug-likeness (QED) is 0.661. The van der Waals surface area contributed by atoms with Crippen molar-refractivity contribution in [2.24, 2.45) is 5.73 Å². The molecule has 1 heterocycles. The molecule has 1 saturated heterocycles. The topological polar surface area (TPSA) is 75.4 Å². The maximum absolute atomic E-state index is 11.6. The molecule has 5 heteroatoms. The molecule has 0 unspecified atom stereocenters. The van der Waals surface area contributed by atoms with Gasteiger partial charge >= 0.3 is 0 Å². The molecule has 3 N–H and O–H groups in total. The Labute approximate surface area is 90.0 Å². The second-order valence-electron chi connectivity index (χ2n) is 3.92. The summed E-state index contributed by atoms with van der Waals surface area (Å²) in [5, 5.41) is 2.70. The first kappa shape index (κ1) is 12.0. The van der Waals surface area contributed by atoms with E-state index in [2.05, 4.69) is 5.32 Å². The summed E-state index contributed by atoms with van der Waals surface area (Å²) in [4.78, 5) is 24.7. The molecule has 2 atom stereocenters. The Morgan fingerprint density at radius 3 is 3.00 bits per heavy atom. The minimum absolute atomic E-state index is 0.000392. The van der Waals surface area contributed by atoms with Crippen molar-refractivity contribution < 1.29 is 9.59 Å². The van der Waals surface area contributed by atoms with Gasteiger partial charge in [0.05, 0.1) is 0 Å². The average Bonchev–Trinajstić information content (AvgIpc) is 2.21. The van der Waals surface area contributed by atoms with E-state index in [1.54, 1.807) is 11.8 Å². The number of nitrogens with one attached hydrogen (secondary N) is 1. The van der Waals surface area contributed by atoms with Crippen LogP contribution in [0.15, 0.2) is 0 Å². The standard InChI is InChI=1S/C10H19N3O2/c1-3-12-10(15)7(2)13-6-8(11)4-5-9(13)14/h7-8H,3-6,11H2,1-2H3,(H,12,15)/t7-,8-/m0/s1. The third kappa shape index (κ3) is 2.92. The normalized spacial score (nSPS) is 23.8. The SMILES string of the molecule is CCNC(=O)[C@H](C)N1C[C@@H](N)CCC1=O. The zero-order valence-corrected chi connectivity index (χ0v) is 9.32. The van der Waals surface area contributed by atoms with Gasteiger partial charge in [-0.1, -0.05) is 0 Å². The van der Waals surface area contributed by atoms with Crippen LogP contribution >= 0.6 is 0 Å². The Kier molecular flexibility index (Phi) is 4.08. The highest BCUT2D eigenvalue weighted by molar-refractivity contribution is 5.87. The molecule has 86 valence electrons. The monoisotopic (exact) mass is 213 g/mol. The van der Waals surface area contributed by atoms with Crippen molar-refractivity contribution >= 4 is 11.8 Å². The summed E-state index contributed by atoms with van der Waals surface area (Å²) < 4.78 is 0. The lowest BCUT2D eigenvalue weighted by molar-refractivity contribution is -0.142. The lowest BCUT2D eigenvalue weighted by atomic mass is 10.0. The number of nitrogens with zero attached hydrogens (tertiary/aromatic N) is 1. The molecule has 5 nitrogen and oxygen atoms in total. The van der Waals surface area contributed by atoms with Gasteiger partial charge in [0, 0.05) is 25.6 Å². The molecule has 0 aliphatic carbocycles. The molecule has 0 spiro atoms. The molecule has 0 bridgehead atoms. The van der Waals surface area contributed by atoms with Gasteiger partial charge in [-0.05, 0) is 20.3 Å². The van der Waals surface area contributed by atoms with Crippen LogP contribution in [-0.2, 0) is 9.59 Å². The van der Waals surface area contributed by atoms with Crippen LogP contribution in [-0.4, -0.2) is 41.9 Å². The maximum atomic E-state index is 11.6. The molecule has 1 aliphatic rings. The van der Waals surface area contributed by atoms with Gasteiger partial charge in [-0.25, -0.2) is 0 Å². The first-order chi connectivity index (χ1) is 7.06. The predicted octanol–water partition coefficient (Wildman–Crippen LogP) is -0.539. The molecule has 0 saturated carbocycles. The van der Waals surface area contributed by atoms with Crippen LogP contribution in [0.3, 0.4) is 0 Å². The van der Waals surface area contributed by atoms with Gasteiger partial charge in [0.15, 0.2) is 0 Å². The smallest absolute Gasteiger partial charge is 0.242 e. The van der Waals surface area contributed by atoms with Crippen molar-refractivity contribution in [2.45, 2.75) is 38.8 Å². The van der Waals surface area contributed by atoms with Gasteiger partial charge < -0.3 is 16.0 Å². The summed E-state index contributed by atoms with van der Waals surface area (Å²) in [5.74, 6) is -0.0876. The molecule has 1 aliphatic heterocycles. The number of rotatable bonds is 3. The number of likely N-dealkylation sites (N-methyl/N-ethyl adjacent to an activating group) is 1. The Balaban J connectivity index is 2.60. The molecular formula is C10H19N3O2. The predicted molar refractivity (Wildman–Crippen MR) is 57.1 cm³/mol. The van der Waals surface area contributed by atoms with Crippen LogP contribution in [0.25, 0.3) is 0 Å². The molecule has 15 heavy (non-hydrogen) atoms. The van der Waals surface area contributed by atoms with Gasteiger partial charge in [-0.2, -0.15) is 0 Å². The second-order valence-corrected chi connectivity index (χ2v) is 3.92. The molecule has 0 aromatic rings. The lowest BCUT2D eigenvalue weighted by Crippen LogP contribution is -2.54. The second kappa shape index (κ2) is 5.11. The number of amides is 2. The number of carbonyl (C=O) groups excluding carboxylic acids is 2. The maximum Gasteiger partial charge on any atom is 0.242 e. The van der Waals surface area contributed by atoms with Crippen molar-refractivity contribution in [3.05, 3.63) is 0 Å². The largest absolute Gasteiger partial charge is 0.355 e. The van der Waals surface area contributed by atoms with E-state index < -0.39 is 6.04 Å². The van der Waals surface area contributed by atoms with Crippen LogP contribution in [0, 0.1) is 0 Å². The fourth-order valence-corrected chi connectivity index (χ4v) is 1.74. The molecular weight excluding hydrogens is 194 g/mol. The van der Waals surface area contributed by atoms with Gasteiger partial charge in [0.1, 0.15) is 6.04 Å². The summed E-state index contributed by atoms with van der Waals surface area (Å²) in [5.41, 5.74) is 5.77. The third-order valence-corrected chi connectivity index (χ3v) is 2.68. The van der Waals surface area contributed by atoms with Crippen LogP contribution in [0.4, 0.5) is 0 Å². The molecule has 0 radical (unpaired) electrons. The Bertz CT molecular complexity index is 255. The van der Waals surface area contributed by atoms with Crippen LogP contribution < -0.4 is 11.1 Å². The highest BCUT2D eigenvalue weighted by atomic mass is 16.2. The zero-order chi connectivity index (χ0) is 11.4. The van der Waals surface area contributed by atoms with Crippen LogP contribution in [0.2, 0.25) is 0 Å². The number of likely N-dealkylation sites (tertiary alicyclic amines) is 1. The summed E-state index contributed by atoms with van der Waals surface area (Å²) in [6.45, 7) is 4.66. The van der Waals surface area contributed by atoms with Gasteiger partial charge in [-0.15, -0.1) is 0 Å². The Morgan fingerprint density at radius 1 is 1.73 bits per heavy atom. The van der Waals surface area contributed by atoms with Crippen molar-refractivity contribution in [3.8, 4) is 0 Å². The molecule has 0 aromatic carbocycles. The van der Waals surface area contributed by atoms with E-state index in [1.807, 2.05) is 6.92 Å². The van der Waals surface area contributed by atoms with Gasteiger partial charge in [-0.3, -0.25) is 9.59 Å². The summed E-state index contributed by atoms with van der Waals surface area (Å²) in [6.07, 6.45) is 1.17. The summed E-state index contributed by atoms with van der Waals surface area (Å²) >= 11 is 0. The van der Waals surface area contributed by atoms with Crippen molar-refractivity contribution in [3.63, 3.8) is 0 Å². The van der Waals surface area contributed by atoms with Crippen molar-refractivity contribution in [1.82, 2.24) is 10.2 Å². The summed E-state index contributed by atoms with van der Waals surface area (Å²) in [6, 6.07) is -0.414. The Morgan fingerprint density at radius 2 is 2.40 bits per heavy atom. The summed E-state index contributed by atoms with van der Waals surface area (Å²) in [7, 11) is 0. The van der Waals surface area contributed by atoms with E-state index in [0.29, 0.717) is 19.5 Å². The van der Waals surface area contributed by atoms with E-state index in [1.165, 1.54) is 0 Å². The fraction of sp³-hybridized carbons (Fsp3) is 0.800. The van der Waals surface area contributed by atoms with E-state index in [0.717, 1.165) is 6.42 Å². The fourth-order valence-electron chi connectivity index (χ4n) is 1.74. The van der Waals surface area contributed by atoms with Crippen LogP contribution in [0.1, 0.15) is 26.7 Å². The molecule has 1 fully saturated rings. The first-order valence-electron chi connectivity index (χ1n) is 5.39. The molecule has 2 amide bonds. The number of piperidine rings is 1.